The third-order valence-corrected chi connectivity index (χ3v) is 7.75. The minimum absolute atomic E-state index is 0.0789. The zero-order valence-corrected chi connectivity index (χ0v) is 21.6. The van der Waals surface area contributed by atoms with E-state index in [1.807, 2.05) is 48.5 Å². The second-order valence-corrected chi connectivity index (χ2v) is 10.1. The molecule has 0 bridgehead atoms. The van der Waals surface area contributed by atoms with E-state index in [-0.39, 0.29) is 24.2 Å². The van der Waals surface area contributed by atoms with Gasteiger partial charge in [-0.1, -0.05) is 36.4 Å². The summed E-state index contributed by atoms with van der Waals surface area (Å²) in [6.45, 7) is 0.843. The number of nitriles is 1. The summed E-state index contributed by atoms with van der Waals surface area (Å²) in [5.41, 5.74) is 2.09. The molecule has 4 N–H and O–H groups in total. The van der Waals surface area contributed by atoms with Gasteiger partial charge in [0.2, 0.25) is 11.8 Å². The van der Waals surface area contributed by atoms with Crippen LogP contribution in [0.5, 0.6) is 5.75 Å². The lowest BCUT2D eigenvalue weighted by Crippen LogP contribution is -2.52. The van der Waals surface area contributed by atoms with Gasteiger partial charge in [-0.3, -0.25) is 14.4 Å². The van der Waals surface area contributed by atoms with Gasteiger partial charge in [0.25, 0.3) is 5.91 Å². The third kappa shape index (κ3) is 5.31. The summed E-state index contributed by atoms with van der Waals surface area (Å²) in [6, 6.07) is 16.9. The SMILES string of the molecule is COc1cccc2[nH]c(C(=O)N3CC(c4ccccc4)CC3C(=O)N[C@@H](C[C@@H]3CCNC3=O)C(O)C#N)cc12. The first-order chi connectivity index (χ1) is 18.9. The van der Waals surface area contributed by atoms with Crippen molar-refractivity contribution in [3.8, 4) is 11.8 Å². The molecule has 0 aliphatic carbocycles. The Balaban J connectivity index is 1.42. The highest BCUT2D eigenvalue weighted by atomic mass is 16.5. The summed E-state index contributed by atoms with van der Waals surface area (Å²) in [5.74, 6) is -0.810. The van der Waals surface area contributed by atoms with Crippen molar-refractivity contribution in [3.63, 3.8) is 0 Å². The first kappa shape index (κ1) is 26.3. The summed E-state index contributed by atoms with van der Waals surface area (Å²) < 4.78 is 5.43. The van der Waals surface area contributed by atoms with Crippen molar-refractivity contribution in [2.24, 2.45) is 5.92 Å². The van der Waals surface area contributed by atoms with Crippen LogP contribution in [-0.4, -0.2) is 71.1 Å². The van der Waals surface area contributed by atoms with Gasteiger partial charge in [-0.05, 0) is 43.0 Å². The van der Waals surface area contributed by atoms with E-state index in [0.717, 1.165) is 16.5 Å². The molecule has 2 saturated heterocycles. The topological polar surface area (TPSA) is 148 Å². The number of H-pyrrole nitrogens is 1. The van der Waals surface area contributed by atoms with Gasteiger partial charge in [0.1, 0.15) is 17.5 Å². The Morgan fingerprint density at radius 2 is 2.03 bits per heavy atom. The largest absolute Gasteiger partial charge is 0.496 e. The molecule has 0 saturated carbocycles. The zero-order valence-electron chi connectivity index (χ0n) is 21.6. The van der Waals surface area contributed by atoms with Crippen LogP contribution in [-0.2, 0) is 9.59 Å². The number of aromatic nitrogens is 1. The number of benzene rings is 2. The Kier molecular flexibility index (Phi) is 7.52. The van der Waals surface area contributed by atoms with Crippen molar-refractivity contribution in [2.45, 2.75) is 43.4 Å². The number of amides is 3. The number of likely N-dealkylation sites (tertiary alicyclic amines) is 1. The third-order valence-electron chi connectivity index (χ3n) is 7.75. The highest BCUT2D eigenvalue weighted by Crippen LogP contribution is 2.34. The van der Waals surface area contributed by atoms with Crippen LogP contribution in [0.25, 0.3) is 10.9 Å². The van der Waals surface area contributed by atoms with Crippen LogP contribution in [0, 0.1) is 17.2 Å². The monoisotopic (exact) mass is 529 g/mol. The Morgan fingerprint density at radius 3 is 2.72 bits per heavy atom. The molecule has 39 heavy (non-hydrogen) atoms. The molecule has 5 atom stereocenters. The highest BCUT2D eigenvalue weighted by molar-refractivity contribution is 6.02. The number of hydrogen-bond donors (Lipinski definition) is 4. The van der Waals surface area contributed by atoms with Gasteiger partial charge >= 0.3 is 0 Å². The van der Waals surface area contributed by atoms with Gasteiger partial charge in [-0.25, -0.2) is 0 Å². The molecule has 10 heteroatoms. The standard InChI is InChI=1S/C29H31N5O5/c1-39-26-9-5-8-21-20(26)14-23(32-21)29(38)34-16-19(17-6-3-2-4-7-17)13-24(34)28(37)33-22(25(35)15-30)12-18-10-11-31-27(18)36/h2-9,14,18-19,22,24-25,32,35H,10-13,16H2,1H3,(H,31,36)(H,33,37)/t18-,19?,22-,24?,25?/m0/s1. The van der Waals surface area contributed by atoms with Crippen LogP contribution < -0.4 is 15.4 Å². The van der Waals surface area contributed by atoms with Crippen molar-refractivity contribution in [1.82, 2.24) is 20.5 Å². The lowest BCUT2D eigenvalue weighted by atomic mass is 9.94. The maximum atomic E-state index is 13.8. The number of ether oxygens (including phenoxy) is 1. The van der Waals surface area contributed by atoms with Crippen LogP contribution in [0.2, 0.25) is 0 Å². The molecule has 0 spiro atoms. The van der Waals surface area contributed by atoms with Crippen LogP contribution in [0.4, 0.5) is 0 Å². The van der Waals surface area contributed by atoms with E-state index in [1.165, 1.54) is 0 Å². The smallest absolute Gasteiger partial charge is 0.271 e. The summed E-state index contributed by atoms with van der Waals surface area (Å²) in [4.78, 5) is 44.3. The maximum Gasteiger partial charge on any atom is 0.271 e. The number of carbonyl (C=O) groups excluding carboxylic acids is 3. The Morgan fingerprint density at radius 1 is 1.23 bits per heavy atom. The Labute approximate surface area is 225 Å². The molecular formula is C29H31N5O5. The molecule has 2 aliphatic heterocycles. The number of rotatable bonds is 8. The molecular weight excluding hydrogens is 498 g/mol. The van der Waals surface area contributed by atoms with Gasteiger partial charge in [0.15, 0.2) is 6.10 Å². The number of aromatic amines is 1. The second-order valence-electron chi connectivity index (χ2n) is 10.1. The number of aliphatic hydroxyl groups excluding tert-OH is 1. The molecule has 2 fully saturated rings. The summed E-state index contributed by atoms with van der Waals surface area (Å²) >= 11 is 0. The lowest BCUT2D eigenvalue weighted by molar-refractivity contribution is -0.127. The number of hydrogen-bond acceptors (Lipinski definition) is 6. The van der Waals surface area contributed by atoms with Gasteiger partial charge in [-0.2, -0.15) is 5.26 Å². The summed E-state index contributed by atoms with van der Waals surface area (Å²) in [5, 5.41) is 26.0. The Hall–Kier alpha value is -4.36. The number of carbonyl (C=O) groups is 3. The van der Waals surface area contributed by atoms with E-state index < -0.39 is 30.0 Å². The number of aliphatic hydroxyl groups is 1. The van der Waals surface area contributed by atoms with Crippen molar-refractivity contribution in [3.05, 3.63) is 65.9 Å². The van der Waals surface area contributed by atoms with E-state index in [9.17, 15) is 24.8 Å². The fourth-order valence-electron chi connectivity index (χ4n) is 5.66. The quantitative estimate of drug-likeness (QED) is 0.329. The summed E-state index contributed by atoms with van der Waals surface area (Å²) in [7, 11) is 1.57. The number of nitrogens with one attached hydrogen (secondary N) is 3. The van der Waals surface area contributed by atoms with E-state index in [1.54, 1.807) is 24.1 Å². The van der Waals surface area contributed by atoms with E-state index in [0.29, 0.717) is 37.4 Å². The number of nitrogens with zero attached hydrogens (tertiary/aromatic N) is 2. The molecule has 1 aromatic heterocycles. The highest BCUT2D eigenvalue weighted by Gasteiger charge is 2.42. The predicted octanol–water partition coefficient (Wildman–Crippen LogP) is 2.07. The molecule has 2 aromatic carbocycles. The average molecular weight is 530 g/mol. The van der Waals surface area contributed by atoms with Crippen LogP contribution in [0.1, 0.15) is 41.2 Å². The van der Waals surface area contributed by atoms with Crippen molar-refractivity contribution in [2.75, 3.05) is 20.2 Å². The number of methoxy groups -OCH3 is 1. The molecule has 3 amide bonds. The molecule has 5 rings (SSSR count). The predicted molar refractivity (Wildman–Crippen MR) is 143 cm³/mol. The van der Waals surface area contributed by atoms with Gasteiger partial charge in [-0.15, -0.1) is 0 Å². The lowest BCUT2D eigenvalue weighted by Gasteiger charge is -2.27. The summed E-state index contributed by atoms with van der Waals surface area (Å²) in [6.07, 6.45) is -0.405. The first-order valence-electron chi connectivity index (χ1n) is 13.1. The van der Waals surface area contributed by atoms with Gasteiger partial charge in [0, 0.05) is 35.8 Å². The van der Waals surface area contributed by atoms with Crippen LogP contribution in [0.15, 0.2) is 54.6 Å². The maximum absolute atomic E-state index is 13.8. The van der Waals surface area contributed by atoms with Crippen molar-refractivity contribution in [1.29, 1.82) is 5.26 Å². The average Bonchev–Trinajstić information content (AvgIpc) is 3.70. The van der Waals surface area contributed by atoms with Gasteiger partial charge in [0.05, 0.1) is 19.2 Å². The fraction of sp³-hybridized carbons (Fsp3) is 0.379. The molecule has 0 radical (unpaired) electrons. The molecule has 3 aromatic rings. The second kappa shape index (κ2) is 11.2. The fourth-order valence-corrected chi connectivity index (χ4v) is 5.66. The molecule has 202 valence electrons. The minimum atomic E-state index is -1.49. The normalized spacial score (nSPS) is 22.2. The molecule has 2 aliphatic rings. The Bertz CT molecular complexity index is 1410. The van der Waals surface area contributed by atoms with E-state index in [2.05, 4.69) is 15.6 Å². The first-order valence-corrected chi connectivity index (χ1v) is 13.1. The molecule has 3 heterocycles. The minimum Gasteiger partial charge on any atom is -0.496 e. The van der Waals surface area contributed by atoms with Crippen molar-refractivity contribution < 1.29 is 24.2 Å². The van der Waals surface area contributed by atoms with Crippen molar-refractivity contribution >= 4 is 28.6 Å². The van der Waals surface area contributed by atoms with Crippen LogP contribution >= 0.6 is 0 Å². The van der Waals surface area contributed by atoms with E-state index in [4.69, 9.17) is 4.74 Å². The molecule has 3 unspecified atom stereocenters. The zero-order chi connectivity index (χ0) is 27.5. The van der Waals surface area contributed by atoms with Crippen LogP contribution in [0.3, 0.4) is 0 Å². The van der Waals surface area contributed by atoms with Gasteiger partial charge < -0.3 is 30.4 Å². The molecule has 10 nitrogen and oxygen atoms in total. The van der Waals surface area contributed by atoms with E-state index >= 15 is 0 Å². The number of fused-ring (bicyclic) bond motifs is 1.